The van der Waals surface area contributed by atoms with E-state index in [0.717, 1.165) is 25.8 Å². The minimum Gasteiger partial charge on any atom is -0.393 e. The van der Waals surface area contributed by atoms with Gasteiger partial charge in [0.05, 0.1) is 16.7 Å². The molecule has 6 nitrogen and oxygen atoms in total. The van der Waals surface area contributed by atoms with Crippen LogP contribution in [0.25, 0.3) is 0 Å². The van der Waals surface area contributed by atoms with Crippen LogP contribution in [-0.2, 0) is 6.54 Å². The normalized spacial score (nSPS) is 22.1. The van der Waals surface area contributed by atoms with E-state index < -0.39 is 0 Å². The van der Waals surface area contributed by atoms with Crippen molar-refractivity contribution >= 4 is 5.69 Å². The van der Waals surface area contributed by atoms with Crippen LogP contribution in [0.5, 0.6) is 0 Å². The van der Waals surface area contributed by atoms with Gasteiger partial charge >= 0.3 is 0 Å². The summed E-state index contributed by atoms with van der Waals surface area (Å²) in [7, 11) is 0. The van der Waals surface area contributed by atoms with Crippen LogP contribution in [0.3, 0.4) is 0 Å². The molecule has 2 rings (SSSR count). The third-order valence-corrected chi connectivity index (χ3v) is 4.08. The van der Waals surface area contributed by atoms with Gasteiger partial charge in [0, 0.05) is 30.4 Å². The van der Waals surface area contributed by atoms with Crippen LogP contribution < -0.4 is 5.32 Å². The molecule has 2 N–H and O–H groups in total. The van der Waals surface area contributed by atoms with E-state index in [1.165, 1.54) is 0 Å². The molecular formula is C14H21N3O3. The van der Waals surface area contributed by atoms with Crippen molar-refractivity contribution < 1.29 is 10.0 Å². The number of hydrogen-bond acceptors (Lipinski definition) is 5. The molecule has 0 saturated heterocycles. The minimum atomic E-state index is -0.351. The van der Waals surface area contributed by atoms with E-state index in [-0.39, 0.29) is 22.6 Å². The summed E-state index contributed by atoms with van der Waals surface area (Å²) in [6.45, 7) is 4.66. The van der Waals surface area contributed by atoms with Crippen LogP contribution in [0.15, 0.2) is 6.20 Å². The molecule has 1 aliphatic carbocycles. The van der Waals surface area contributed by atoms with Gasteiger partial charge in [-0.25, -0.2) is 0 Å². The first-order valence-electron chi connectivity index (χ1n) is 6.99. The number of pyridine rings is 1. The lowest BCUT2D eigenvalue weighted by Crippen LogP contribution is -2.28. The summed E-state index contributed by atoms with van der Waals surface area (Å²) in [5, 5.41) is 24.0. The largest absolute Gasteiger partial charge is 0.393 e. The Morgan fingerprint density at radius 1 is 1.50 bits per heavy atom. The maximum absolute atomic E-state index is 11.0. The number of aryl methyl sites for hydroxylation is 1. The van der Waals surface area contributed by atoms with E-state index in [9.17, 15) is 15.2 Å². The van der Waals surface area contributed by atoms with Crippen molar-refractivity contribution in [2.75, 3.05) is 6.54 Å². The highest BCUT2D eigenvalue weighted by molar-refractivity contribution is 5.47. The van der Waals surface area contributed by atoms with Crippen molar-refractivity contribution in [2.45, 2.75) is 45.8 Å². The monoisotopic (exact) mass is 279 g/mol. The summed E-state index contributed by atoms with van der Waals surface area (Å²) < 4.78 is 0. The Hall–Kier alpha value is -1.53. The molecule has 1 saturated carbocycles. The highest BCUT2D eigenvalue weighted by Crippen LogP contribution is 2.26. The average molecular weight is 279 g/mol. The highest BCUT2D eigenvalue weighted by atomic mass is 16.6. The molecular weight excluding hydrogens is 258 g/mol. The van der Waals surface area contributed by atoms with Gasteiger partial charge in [-0.3, -0.25) is 15.1 Å². The van der Waals surface area contributed by atoms with Crippen LogP contribution in [0, 0.1) is 29.9 Å². The lowest BCUT2D eigenvalue weighted by Gasteiger charge is -2.15. The topological polar surface area (TPSA) is 88.3 Å². The van der Waals surface area contributed by atoms with Crippen molar-refractivity contribution in [3.8, 4) is 0 Å². The second-order valence-corrected chi connectivity index (χ2v) is 5.51. The van der Waals surface area contributed by atoms with Crippen LogP contribution in [0.2, 0.25) is 0 Å². The van der Waals surface area contributed by atoms with Crippen LogP contribution in [-0.4, -0.2) is 27.7 Å². The van der Waals surface area contributed by atoms with Crippen molar-refractivity contribution in [2.24, 2.45) is 5.92 Å². The molecule has 1 aromatic heterocycles. The number of rotatable bonds is 5. The maximum atomic E-state index is 11.0. The number of aliphatic hydroxyl groups excluding tert-OH is 1. The molecule has 1 heterocycles. The third kappa shape index (κ3) is 3.13. The molecule has 1 fully saturated rings. The number of aromatic nitrogens is 1. The first-order valence-corrected chi connectivity index (χ1v) is 6.99. The standard InChI is InChI=1S/C14H21N3O3/c1-9-6-16-12(10(2)14(9)17(19)20)8-15-7-11-4-3-5-13(11)18/h6,11,13,15,18H,3-5,7-8H2,1-2H3. The summed E-state index contributed by atoms with van der Waals surface area (Å²) in [6, 6.07) is 0. The van der Waals surface area contributed by atoms with Crippen molar-refractivity contribution in [3.05, 3.63) is 33.1 Å². The Morgan fingerprint density at radius 2 is 2.25 bits per heavy atom. The summed E-state index contributed by atoms with van der Waals surface area (Å²) in [5.41, 5.74) is 2.06. The van der Waals surface area contributed by atoms with Gasteiger partial charge in [-0.1, -0.05) is 6.42 Å². The van der Waals surface area contributed by atoms with E-state index in [2.05, 4.69) is 10.3 Å². The number of nitrogens with one attached hydrogen (secondary N) is 1. The molecule has 1 aliphatic rings. The van der Waals surface area contributed by atoms with Crippen molar-refractivity contribution in [1.29, 1.82) is 0 Å². The van der Waals surface area contributed by atoms with E-state index in [1.54, 1.807) is 20.0 Å². The first-order chi connectivity index (χ1) is 9.50. The first kappa shape index (κ1) is 14.9. The summed E-state index contributed by atoms with van der Waals surface area (Å²) in [6.07, 6.45) is 4.31. The molecule has 0 bridgehead atoms. The molecule has 6 heteroatoms. The predicted octanol–water partition coefficient (Wildman–Crippen LogP) is 1.86. The Balaban J connectivity index is 1.99. The van der Waals surface area contributed by atoms with Crippen LogP contribution in [0.1, 0.15) is 36.1 Å². The average Bonchev–Trinajstić information content (AvgIpc) is 2.78. The Labute approximate surface area is 118 Å². The van der Waals surface area contributed by atoms with Crippen molar-refractivity contribution in [1.82, 2.24) is 10.3 Å². The van der Waals surface area contributed by atoms with Crippen LogP contribution >= 0.6 is 0 Å². The smallest absolute Gasteiger partial charge is 0.278 e. The third-order valence-electron chi connectivity index (χ3n) is 4.08. The summed E-state index contributed by atoms with van der Waals surface area (Å²) in [5.74, 6) is 0.288. The molecule has 0 amide bonds. The lowest BCUT2D eigenvalue weighted by molar-refractivity contribution is -0.386. The fourth-order valence-electron chi connectivity index (χ4n) is 2.86. The molecule has 0 aliphatic heterocycles. The molecule has 20 heavy (non-hydrogen) atoms. The zero-order valence-electron chi connectivity index (χ0n) is 11.9. The van der Waals surface area contributed by atoms with Crippen LogP contribution in [0.4, 0.5) is 5.69 Å². The van der Waals surface area contributed by atoms with Gasteiger partial charge < -0.3 is 10.4 Å². The fourth-order valence-corrected chi connectivity index (χ4v) is 2.86. The van der Waals surface area contributed by atoms with E-state index in [0.29, 0.717) is 23.4 Å². The predicted molar refractivity (Wildman–Crippen MR) is 75.4 cm³/mol. The molecule has 0 spiro atoms. The molecule has 110 valence electrons. The number of nitrogens with zero attached hydrogens (tertiary/aromatic N) is 2. The summed E-state index contributed by atoms with van der Waals surface area (Å²) >= 11 is 0. The number of hydrogen-bond donors (Lipinski definition) is 2. The number of aliphatic hydroxyl groups is 1. The van der Waals surface area contributed by atoms with Gasteiger partial charge in [-0.2, -0.15) is 0 Å². The second kappa shape index (κ2) is 6.28. The highest BCUT2D eigenvalue weighted by Gasteiger charge is 2.25. The van der Waals surface area contributed by atoms with E-state index in [4.69, 9.17) is 0 Å². The fraction of sp³-hybridized carbons (Fsp3) is 0.643. The van der Waals surface area contributed by atoms with Crippen molar-refractivity contribution in [3.63, 3.8) is 0 Å². The van der Waals surface area contributed by atoms with Gasteiger partial charge in [0.2, 0.25) is 0 Å². The molecule has 0 radical (unpaired) electrons. The maximum Gasteiger partial charge on any atom is 0.278 e. The second-order valence-electron chi connectivity index (χ2n) is 5.51. The Morgan fingerprint density at radius 3 is 2.85 bits per heavy atom. The molecule has 0 aromatic carbocycles. The SMILES string of the molecule is Cc1cnc(CNCC2CCCC2O)c(C)c1[N+](=O)[O-]. The zero-order chi connectivity index (χ0) is 14.7. The Bertz CT molecular complexity index is 505. The van der Waals surface area contributed by atoms with Gasteiger partial charge in [-0.05, 0) is 32.6 Å². The zero-order valence-corrected chi connectivity index (χ0v) is 11.9. The molecule has 1 aromatic rings. The molecule has 2 unspecified atom stereocenters. The quantitative estimate of drug-likeness (QED) is 0.634. The summed E-state index contributed by atoms with van der Waals surface area (Å²) in [4.78, 5) is 15.0. The van der Waals surface area contributed by atoms with Gasteiger partial charge in [-0.15, -0.1) is 0 Å². The van der Waals surface area contributed by atoms with Gasteiger partial charge in [0.15, 0.2) is 0 Å². The lowest BCUT2D eigenvalue weighted by atomic mass is 10.1. The minimum absolute atomic E-state index is 0.151. The number of nitro groups is 1. The Kier molecular flexibility index (Phi) is 4.67. The van der Waals surface area contributed by atoms with E-state index >= 15 is 0 Å². The van der Waals surface area contributed by atoms with Gasteiger partial charge in [0.25, 0.3) is 5.69 Å². The van der Waals surface area contributed by atoms with E-state index in [1.807, 2.05) is 0 Å². The van der Waals surface area contributed by atoms with Gasteiger partial charge in [0.1, 0.15) is 0 Å². The molecule has 2 atom stereocenters.